The normalized spacial score (nSPS) is 13.7. The van der Waals surface area contributed by atoms with Crippen LogP contribution in [0.5, 0.6) is 5.75 Å². The molecule has 0 unspecified atom stereocenters. The van der Waals surface area contributed by atoms with Gasteiger partial charge in [0.2, 0.25) is 5.91 Å². The summed E-state index contributed by atoms with van der Waals surface area (Å²) in [7, 11) is 1.75. The zero-order chi connectivity index (χ0) is 13.5. The summed E-state index contributed by atoms with van der Waals surface area (Å²) >= 11 is 0. The van der Waals surface area contributed by atoms with Crippen LogP contribution in [0.2, 0.25) is 0 Å². The Balaban J connectivity index is 1.75. The van der Waals surface area contributed by atoms with Gasteiger partial charge < -0.3 is 15.4 Å². The first kappa shape index (κ1) is 13.9. The number of amides is 1. The molecule has 4 heteroatoms. The molecule has 1 amide bonds. The molecule has 0 bridgehead atoms. The van der Waals surface area contributed by atoms with E-state index in [1.165, 1.54) is 30.4 Å². The Bertz CT molecular complexity index is 432. The number of carbonyl (C=O) groups is 1. The van der Waals surface area contributed by atoms with Crippen LogP contribution < -0.4 is 15.4 Å². The summed E-state index contributed by atoms with van der Waals surface area (Å²) in [4.78, 5) is 11.2. The van der Waals surface area contributed by atoms with E-state index in [4.69, 9.17) is 4.74 Å². The molecule has 0 saturated heterocycles. The maximum absolute atomic E-state index is 11.2. The van der Waals surface area contributed by atoms with E-state index in [-0.39, 0.29) is 5.91 Å². The van der Waals surface area contributed by atoms with Crippen molar-refractivity contribution >= 4 is 5.91 Å². The summed E-state index contributed by atoms with van der Waals surface area (Å²) < 4.78 is 5.67. The lowest BCUT2D eigenvalue weighted by Gasteiger charge is -2.16. The SMILES string of the molecule is CNCC(=O)NCCOc1ccc2c(c1)CCCC2. The Labute approximate surface area is 114 Å². The van der Waals surface area contributed by atoms with Gasteiger partial charge in [0.15, 0.2) is 0 Å². The summed E-state index contributed by atoms with van der Waals surface area (Å²) in [6.07, 6.45) is 4.92. The number of rotatable bonds is 6. The van der Waals surface area contributed by atoms with Gasteiger partial charge in [0.05, 0.1) is 13.1 Å². The van der Waals surface area contributed by atoms with Crippen LogP contribution in [0.25, 0.3) is 0 Å². The summed E-state index contributed by atoms with van der Waals surface area (Å²) in [6, 6.07) is 6.34. The van der Waals surface area contributed by atoms with Gasteiger partial charge in [-0.25, -0.2) is 0 Å². The maximum atomic E-state index is 11.2. The predicted octanol–water partition coefficient (Wildman–Crippen LogP) is 1.28. The van der Waals surface area contributed by atoms with E-state index in [0.717, 1.165) is 12.2 Å². The maximum Gasteiger partial charge on any atom is 0.234 e. The third-order valence-corrected chi connectivity index (χ3v) is 3.35. The van der Waals surface area contributed by atoms with Gasteiger partial charge in [-0.15, -0.1) is 0 Å². The fourth-order valence-electron chi connectivity index (χ4n) is 2.38. The van der Waals surface area contributed by atoms with Crippen LogP contribution in [-0.2, 0) is 17.6 Å². The monoisotopic (exact) mass is 262 g/mol. The average Bonchev–Trinajstić information content (AvgIpc) is 2.44. The molecule has 1 aromatic rings. The molecule has 0 heterocycles. The quantitative estimate of drug-likeness (QED) is 0.759. The van der Waals surface area contributed by atoms with Gasteiger partial charge in [0, 0.05) is 0 Å². The zero-order valence-electron chi connectivity index (χ0n) is 11.5. The third kappa shape index (κ3) is 4.24. The largest absolute Gasteiger partial charge is 0.492 e. The van der Waals surface area contributed by atoms with E-state index in [1.54, 1.807) is 7.05 Å². The number of fused-ring (bicyclic) bond motifs is 1. The molecule has 1 aromatic carbocycles. The lowest BCUT2D eigenvalue weighted by molar-refractivity contribution is -0.120. The Morgan fingerprint density at radius 2 is 2.05 bits per heavy atom. The first-order valence-electron chi connectivity index (χ1n) is 6.95. The number of likely N-dealkylation sites (N-methyl/N-ethyl adjacent to an activating group) is 1. The van der Waals surface area contributed by atoms with Crippen LogP contribution in [0.15, 0.2) is 18.2 Å². The number of hydrogen-bond donors (Lipinski definition) is 2. The van der Waals surface area contributed by atoms with Crippen LogP contribution >= 0.6 is 0 Å². The first-order chi connectivity index (χ1) is 9.29. The molecular formula is C15H22N2O2. The van der Waals surface area contributed by atoms with Crippen molar-refractivity contribution < 1.29 is 9.53 Å². The second kappa shape index (κ2) is 7.14. The van der Waals surface area contributed by atoms with Crippen molar-refractivity contribution in [2.24, 2.45) is 0 Å². The summed E-state index contributed by atoms with van der Waals surface area (Å²) in [5.74, 6) is 0.903. The van der Waals surface area contributed by atoms with Crippen molar-refractivity contribution in [3.8, 4) is 5.75 Å². The van der Waals surface area contributed by atoms with Crippen molar-refractivity contribution in [3.63, 3.8) is 0 Å². The Morgan fingerprint density at radius 1 is 1.26 bits per heavy atom. The molecule has 2 N–H and O–H groups in total. The lowest BCUT2D eigenvalue weighted by atomic mass is 9.92. The summed E-state index contributed by atoms with van der Waals surface area (Å²) in [5, 5.41) is 5.60. The van der Waals surface area contributed by atoms with Crippen molar-refractivity contribution in [2.45, 2.75) is 25.7 Å². The molecule has 1 aliphatic carbocycles. The minimum absolute atomic E-state index is 0.00320. The number of carbonyl (C=O) groups excluding carboxylic acids is 1. The highest BCUT2D eigenvalue weighted by Gasteiger charge is 2.09. The van der Waals surface area contributed by atoms with Gasteiger partial charge in [-0.3, -0.25) is 4.79 Å². The number of benzene rings is 1. The first-order valence-corrected chi connectivity index (χ1v) is 6.95. The van der Waals surface area contributed by atoms with Crippen LogP contribution in [0.3, 0.4) is 0 Å². The Kier molecular flexibility index (Phi) is 5.21. The summed E-state index contributed by atoms with van der Waals surface area (Å²) in [5.41, 5.74) is 2.88. The van der Waals surface area contributed by atoms with Crippen LogP contribution in [0.4, 0.5) is 0 Å². The fourth-order valence-corrected chi connectivity index (χ4v) is 2.38. The van der Waals surface area contributed by atoms with Crippen LogP contribution in [-0.4, -0.2) is 32.7 Å². The zero-order valence-corrected chi connectivity index (χ0v) is 11.5. The van der Waals surface area contributed by atoms with Crippen LogP contribution in [0, 0.1) is 0 Å². The number of hydrogen-bond acceptors (Lipinski definition) is 3. The molecule has 2 rings (SSSR count). The van der Waals surface area contributed by atoms with Gasteiger partial charge in [0.25, 0.3) is 0 Å². The van der Waals surface area contributed by atoms with Gasteiger partial charge in [-0.1, -0.05) is 6.07 Å². The van der Waals surface area contributed by atoms with E-state index in [1.807, 2.05) is 6.07 Å². The third-order valence-electron chi connectivity index (χ3n) is 3.35. The topological polar surface area (TPSA) is 50.4 Å². The standard InChI is InChI=1S/C15H22N2O2/c1-16-11-15(18)17-8-9-19-14-7-6-12-4-2-3-5-13(12)10-14/h6-7,10,16H,2-5,8-9,11H2,1H3,(H,17,18). The number of ether oxygens (including phenoxy) is 1. The second-order valence-corrected chi connectivity index (χ2v) is 4.87. The van der Waals surface area contributed by atoms with Crippen molar-refractivity contribution in [3.05, 3.63) is 29.3 Å². The van der Waals surface area contributed by atoms with Gasteiger partial charge in [-0.05, 0) is 56.0 Å². The van der Waals surface area contributed by atoms with E-state index in [9.17, 15) is 4.79 Å². The van der Waals surface area contributed by atoms with Gasteiger partial charge >= 0.3 is 0 Å². The molecule has 1 aliphatic rings. The van der Waals surface area contributed by atoms with E-state index < -0.39 is 0 Å². The minimum Gasteiger partial charge on any atom is -0.492 e. The molecule has 0 atom stereocenters. The van der Waals surface area contributed by atoms with Crippen molar-refractivity contribution in [1.29, 1.82) is 0 Å². The second-order valence-electron chi connectivity index (χ2n) is 4.87. The van der Waals surface area contributed by atoms with Gasteiger partial charge in [0.1, 0.15) is 12.4 Å². The lowest BCUT2D eigenvalue weighted by Crippen LogP contribution is -2.34. The number of nitrogens with one attached hydrogen (secondary N) is 2. The average molecular weight is 262 g/mol. The molecule has 0 radical (unpaired) electrons. The molecule has 0 spiro atoms. The summed E-state index contributed by atoms with van der Waals surface area (Å²) in [6.45, 7) is 1.39. The Hall–Kier alpha value is -1.55. The minimum atomic E-state index is -0.00320. The number of aryl methyl sites for hydroxylation is 2. The fraction of sp³-hybridized carbons (Fsp3) is 0.533. The molecule has 4 nitrogen and oxygen atoms in total. The Morgan fingerprint density at radius 3 is 2.84 bits per heavy atom. The molecular weight excluding hydrogens is 240 g/mol. The highest BCUT2D eigenvalue weighted by atomic mass is 16.5. The molecule has 0 fully saturated rings. The smallest absolute Gasteiger partial charge is 0.234 e. The predicted molar refractivity (Wildman–Crippen MR) is 75.5 cm³/mol. The highest BCUT2D eigenvalue weighted by molar-refractivity contribution is 5.77. The van der Waals surface area contributed by atoms with E-state index >= 15 is 0 Å². The molecule has 0 saturated carbocycles. The van der Waals surface area contributed by atoms with Crippen LogP contribution in [0.1, 0.15) is 24.0 Å². The van der Waals surface area contributed by atoms with E-state index in [0.29, 0.717) is 19.7 Å². The molecule has 0 aliphatic heterocycles. The van der Waals surface area contributed by atoms with Gasteiger partial charge in [-0.2, -0.15) is 0 Å². The highest BCUT2D eigenvalue weighted by Crippen LogP contribution is 2.25. The van der Waals surface area contributed by atoms with Crippen molar-refractivity contribution in [1.82, 2.24) is 10.6 Å². The van der Waals surface area contributed by atoms with E-state index in [2.05, 4.69) is 22.8 Å². The molecule has 0 aromatic heterocycles. The molecule has 19 heavy (non-hydrogen) atoms. The molecule has 104 valence electrons. The van der Waals surface area contributed by atoms with Crippen molar-refractivity contribution in [2.75, 3.05) is 26.7 Å².